The zero-order valence-electron chi connectivity index (χ0n) is 19.3. The summed E-state index contributed by atoms with van der Waals surface area (Å²) in [5, 5.41) is 0. The number of nitrogens with zero attached hydrogens (tertiary/aromatic N) is 1. The number of likely N-dealkylation sites (tertiary alicyclic amines) is 1. The van der Waals surface area contributed by atoms with Gasteiger partial charge in [-0.25, -0.2) is 4.39 Å². The summed E-state index contributed by atoms with van der Waals surface area (Å²) in [4.78, 5) is 28.0. The standard InChI is InChI=1S/C29H30FNO3/c30-27-14-13-26-28(24(33)20-22-10-4-5-12-25(22)34-26)29(27)15-18-31(19-16-29)17-7-6-11-23(32)21-8-2-1-3-9-21/h1-5,8-10,12-14,27H,6-7,11,15-20H2. The van der Waals surface area contributed by atoms with Crippen LogP contribution in [0.3, 0.4) is 0 Å². The number of carbonyl (C=O) groups is 2. The maximum Gasteiger partial charge on any atom is 0.167 e. The normalized spacial score (nSPS) is 21.6. The smallest absolute Gasteiger partial charge is 0.167 e. The van der Waals surface area contributed by atoms with Crippen molar-refractivity contribution in [2.24, 2.45) is 5.41 Å². The largest absolute Gasteiger partial charge is 0.457 e. The van der Waals surface area contributed by atoms with Crippen LogP contribution in [0.4, 0.5) is 4.39 Å². The quantitative estimate of drug-likeness (QED) is 0.423. The Morgan fingerprint density at radius 2 is 1.76 bits per heavy atom. The van der Waals surface area contributed by atoms with Crippen molar-refractivity contribution in [3.8, 4) is 5.75 Å². The highest BCUT2D eigenvalue weighted by atomic mass is 19.1. The lowest BCUT2D eigenvalue weighted by Crippen LogP contribution is -2.48. The highest BCUT2D eigenvalue weighted by Crippen LogP contribution is 2.49. The van der Waals surface area contributed by atoms with Gasteiger partial charge in [0.2, 0.25) is 0 Å². The number of hydrogen-bond donors (Lipinski definition) is 0. The molecular formula is C29H30FNO3. The number of alkyl halides is 1. The summed E-state index contributed by atoms with van der Waals surface area (Å²) >= 11 is 0. The molecule has 2 aliphatic heterocycles. The summed E-state index contributed by atoms with van der Waals surface area (Å²) in [7, 11) is 0. The van der Waals surface area contributed by atoms with Gasteiger partial charge in [0.15, 0.2) is 11.6 Å². The van der Waals surface area contributed by atoms with Crippen LogP contribution in [0.25, 0.3) is 0 Å². The second-order valence-corrected chi connectivity index (χ2v) is 9.55. The van der Waals surface area contributed by atoms with E-state index in [1.54, 1.807) is 12.2 Å². The van der Waals surface area contributed by atoms with Gasteiger partial charge in [0.05, 0.1) is 0 Å². The van der Waals surface area contributed by atoms with E-state index in [2.05, 4.69) is 4.90 Å². The SMILES string of the molecule is O=C1Cc2ccccc2OC2=C1C1(CCN(CCCCC(=O)c3ccccc3)CC1)C(F)C=C2. The minimum Gasteiger partial charge on any atom is -0.457 e. The Balaban J connectivity index is 1.20. The topological polar surface area (TPSA) is 46.6 Å². The van der Waals surface area contributed by atoms with Crippen LogP contribution in [0.5, 0.6) is 5.75 Å². The number of halogens is 1. The van der Waals surface area contributed by atoms with E-state index in [0.29, 0.717) is 36.3 Å². The maximum absolute atomic E-state index is 15.4. The van der Waals surface area contributed by atoms with Crippen molar-refractivity contribution in [3.05, 3.63) is 89.2 Å². The van der Waals surface area contributed by atoms with E-state index >= 15 is 4.39 Å². The third-order valence-corrected chi connectivity index (χ3v) is 7.48. The Labute approximate surface area is 200 Å². The molecule has 5 heteroatoms. The van der Waals surface area contributed by atoms with E-state index in [4.69, 9.17) is 4.74 Å². The van der Waals surface area contributed by atoms with Crippen molar-refractivity contribution in [1.29, 1.82) is 0 Å². The molecule has 1 fully saturated rings. The molecule has 0 bridgehead atoms. The van der Waals surface area contributed by atoms with Crippen LogP contribution in [-0.2, 0) is 11.2 Å². The van der Waals surface area contributed by atoms with Crippen molar-refractivity contribution >= 4 is 11.6 Å². The molecule has 3 aliphatic rings. The van der Waals surface area contributed by atoms with Crippen LogP contribution >= 0.6 is 0 Å². The number of rotatable bonds is 6. The summed E-state index contributed by atoms with van der Waals surface area (Å²) in [5.74, 6) is 1.34. The number of piperidine rings is 1. The fraction of sp³-hybridized carbons (Fsp3) is 0.379. The van der Waals surface area contributed by atoms with Gasteiger partial charge in [0.25, 0.3) is 0 Å². The van der Waals surface area contributed by atoms with Gasteiger partial charge in [-0.15, -0.1) is 0 Å². The number of hydrogen-bond acceptors (Lipinski definition) is 4. The molecule has 176 valence electrons. The number of para-hydroxylation sites is 1. The lowest BCUT2D eigenvalue weighted by Gasteiger charge is -2.45. The van der Waals surface area contributed by atoms with E-state index in [0.717, 1.165) is 43.6 Å². The van der Waals surface area contributed by atoms with Crippen molar-refractivity contribution in [2.45, 2.75) is 44.7 Å². The van der Waals surface area contributed by atoms with Crippen LogP contribution in [-0.4, -0.2) is 42.3 Å². The monoisotopic (exact) mass is 459 g/mol. The molecule has 0 aromatic heterocycles. The number of ketones is 2. The average Bonchev–Trinajstić information content (AvgIpc) is 3.01. The van der Waals surface area contributed by atoms with Gasteiger partial charge in [0, 0.05) is 35.0 Å². The average molecular weight is 460 g/mol. The Morgan fingerprint density at radius 3 is 2.56 bits per heavy atom. The van der Waals surface area contributed by atoms with E-state index < -0.39 is 11.6 Å². The summed E-state index contributed by atoms with van der Waals surface area (Å²) in [5.41, 5.74) is 1.33. The Kier molecular flexibility index (Phi) is 6.46. The predicted molar refractivity (Wildman–Crippen MR) is 130 cm³/mol. The lowest BCUT2D eigenvalue weighted by molar-refractivity contribution is -0.117. The van der Waals surface area contributed by atoms with Crippen LogP contribution in [0.1, 0.15) is 48.0 Å². The highest BCUT2D eigenvalue weighted by Gasteiger charge is 2.50. The molecule has 2 aromatic carbocycles. The first-order valence-electron chi connectivity index (χ1n) is 12.2. The van der Waals surface area contributed by atoms with Crippen LogP contribution in [0, 0.1) is 5.41 Å². The minimum atomic E-state index is -1.19. The zero-order chi connectivity index (χ0) is 23.5. The minimum absolute atomic E-state index is 0.0279. The highest BCUT2D eigenvalue weighted by molar-refractivity contribution is 6.00. The van der Waals surface area contributed by atoms with Crippen LogP contribution in [0.2, 0.25) is 0 Å². The number of ether oxygens (including phenoxy) is 1. The molecule has 2 aromatic rings. The van der Waals surface area contributed by atoms with Crippen molar-refractivity contribution in [1.82, 2.24) is 4.90 Å². The van der Waals surface area contributed by atoms with E-state index in [1.165, 1.54) is 0 Å². The lowest BCUT2D eigenvalue weighted by atomic mass is 9.65. The number of Topliss-reactive ketones (excluding diaryl/α,β-unsaturated/α-hetero) is 2. The molecule has 4 nitrogen and oxygen atoms in total. The van der Waals surface area contributed by atoms with Gasteiger partial charge < -0.3 is 9.64 Å². The number of unbranched alkanes of at least 4 members (excludes halogenated alkanes) is 1. The van der Waals surface area contributed by atoms with Gasteiger partial charge in [-0.05, 0) is 63.5 Å². The number of fused-ring (bicyclic) bond motifs is 2. The molecule has 0 amide bonds. The molecular weight excluding hydrogens is 429 g/mol. The molecule has 1 atom stereocenters. The second-order valence-electron chi connectivity index (χ2n) is 9.55. The molecule has 0 radical (unpaired) electrons. The number of carbonyl (C=O) groups excluding carboxylic acids is 2. The molecule has 1 spiro atoms. The van der Waals surface area contributed by atoms with Crippen molar-refractivity contribution in [3.63, 3.8) is 0 Å². The third kappa shape index (κ3) is 4.37. The first-order chi connectivity index (χ1) is 16.6. The zero-order valence-corrected chi connectivity index (χ0v) is 19.3. The van der Waals surface area contributed by atoms with E-state index in [9.17, 15) is 9.59 Å². The van der Waals surface area contributed by atoms with Crippen molar-refractivity contribution in [2.75, 3.05) is 19.6 Å². The molecule has 1 unspecified atom stereocenters. The molecule has 34 heavy (non-hydrogen) atoms. The van der Waals surface area contributed by atoms with Crippen LogP contribution < -0.4 is 4.74 Å². The molecule has 1 saturated heterocycles. The number of benzene rings is 2. The van der Waals surface area contributed by atoms with Crippen molar-refractivity contribution < 1.29 is 18.7 Å². The molecule has 1 aliphatic carbocycles. The summed E-state index contributed by atoms with van der Waals surface area (Å²) < 4.78 is 21.6. The molecule has 0 saturated carbocycles. The Bertz CT molecular complexity index is 1130. The predicted octanol–water partition coefficient (Wildman–Crippen LogP) is 5.49. The second kappa shape index (κ2) is 9.67. The van der Waals surface area contributed by atoms with E-state index in [-0.39, 0.29) is 18.0 Å². The first-order valence-corrected chi connectivity index (χ1v) is 12.2. The van der Waals surface area contributed by atoms with E-state index in [1.807, 2.05) is 54.6 Å². The summed E-state index contributed by atoms with van der Waals surface area (Å²) in [6, 6.07) is 17.0. The Hall–Kier alpha value is -3.05. The third-order valence-electron chi connectivity index (χ3n) is 7.48. The summed E-state index contributed by atoms with van der Waals surface area (Å²) in [6.07, 6.45) is 5.74. The van der Waals surface area contributed by atoms with Crippen LogP contribution in [0.15, 0.2) is 78.1 Å². The fourth-order valence-corrected chi connectivity index (χ4v) is 5.54. The van der Waals surface area contributed by atoms with Gasteiger partial charge in [-0.2, -0.15) is 0 Å². The molecule has 2 heterocycles. The first kappa shape index (κ1) is 22.7. The summed E-state index contributed by atoms with van der Waals surface area (Å²) in [6.45, 7) is 2.35. The van der Waals surface area contributed by atoms with Gasteiger partial charge >= 0.3 is 0 Å². The number of allylic oxidation sites excluding steroid dienone is 3. The van der Waals surface area contributed by atoms with Gasteiger partial charge in [0.1, 0.15) is 17.7 Å². The fourth-order valence-electron chi connectivity index (χ4n) is 5.54. The van der Waals surface area contributed by atoms with Gasteiger partial charge in [-0.1, -0.05) is 48.5 Å². The Morgan fingerprint density at radius 1 is 1.03 bits per heavy atom. The molecule has 5 rings (SSSR count). The molecule has 0 N–H and O–H groups in total. The maximum atomic E-state index is 15.4. The van der Waals surface area contributed by atoms with Gasteiger partial charge in [-0.3, -0.25) is 9.59 Å².